The Morgan fingerprint density at radius 2 is 0.981 bits per heavy atom. The molecule has 7 aromatic rings. The smallest absolute Gasteiger partial charge is 0.0560 e. The van der Waals surface area contributed by atoms with Crippen molar-refractivity contribution in [1.82, 2.24) is 0 Å². The van der Waals surface area contributed by atoms with Crippen molar-refractivity contribution in [2.75, 3.05) is 9.80 Å². The van der Waals surface area contributed by atoms with E-state index in [2.05, 4.69) is 205 Å². The SMILES string of the molecule is Cc1cc(C)cc(N(c2ccc(C(C)C)cc2)c2cc3c4ccccc4c(N(c4cc(C)cc(C)c4)C4C=CC(C(C)C)=CC4)cc3c3ccccc23)c1. The van der Waals surface area contributed by atoms with Crippen molar-refractivity contribution in [3.63, 3.8) is 0 Å². The third kappa shape index (κ3) is 6.60. The number of hydrogen-bond donors (Lipinski definition) is 0. The van der Waals surface area contributed by atoms with Gasteiger partial charge < -0.3 is 9.80 Å². The number of aryl methyl sites for hydroxylation is 4. The van der Waals surface area contributed by atoms with Crippen molar-refractivity contribution in [3.8, 4) is 0 Å². The lowest BCUT2D eigenvalue weighted by atomic mass is 9.91. The van der Waals surface area contributed by atoms with E-state index in [0.717, 1.165) is 12.1 Å². The van der Waals surface area contributed by atoms with Crippen LogP contribution in [-0.2, 0) is 0 Å². The van der Waals surface area contributed by atoms with Crippen molar-refractivity contribution in [1.29, 1.82) is 0 Å². The molecule has 2 heteroatoms. The van der Waals surface area contributed by atoms with Gasteiger partial charge >= 0.3 is 0 Å². The molecule has 2 nitrogen and oxygen atoms in total. The number of fused-ring (bicyclic) bond motifs is 5. The molecule has 0 saturated carbocycles. The lowest BCUT2D eigenvalue weighted by Gasteiger charge is -2.35. The van der Waals surface area contributed by atoms with E-state index in [-0.39, 0.29) is 6.04 Å². The van der Waals surface area contributed by atoms with E-state index in [1.807, 2.05) is 0 Å². The van der Waals surface area contributed by atoms with E-state index < -0.39 is 0 Å². The first-order valence-corrected chi connectivity index (χ1v) is 19.7. The topological polar surface area (TPSA) is 6.48 Å². The summed E-state index contributed by atoms with van der Waals surface area (Å²) in [5, 5.41) is 7.55. The zero-order valence-corrected chi connectivity index (χ0v) is 33.1. The van der Waals surface area contributed by atoms with Crippen LogP contribution in [0.1, 0.15) is 67.9 Å². The maximum Gasteiger partial charge on any atom is 0.0560 e. The molecular weight excluding hydrogens is 653 g/mol. The van der Waals surface area contributed by atoms with E-state index in [4.69, 9.17) is 0 Å². The first-order chi connectivity index (χ1) is 26.0. The minimum atomic E-state index is 0.189. The second-order valence-corrected chi connectivity index (χ2v) is 16.1. The fourth-order valence-electron chi connectivity index (χ4n) is 8.66. The van der Waals surface area contributed by atoms with Crippen molar-refractivity contribution < 1.29 is 0 Å². The van der Waals surface area contributed by atoms with E-state index in [1.165, 1.54) is 88.5 Å². The lowest BCUT2D eigenvalue weighted by molar-refractivity contribution is 0.732. The van der Waals surface area contributed by atoms with Crippen LogP contribution in [0.2, 0.25) is 0 Å². The van der Waals surface area contributed by atoms with Gasteiger partial charge in [-0.1, -0.05) is 119 Å². The molecule has 0 fully saturated rings. The number of allylic oxidation sites excluding steroid dienone is 2. The van der Waals surface area contributed by atoms with Gasteiger partial charge in [0.05, 0.1) is 17.4 Å². The molecule has 0 saturated heterocycles. The monoisotopic (exact) mass is 704 g/mol. The second-order valence-electron chi connectivity index (χ2n) is 16.1. The van der Waals surface area contributed by atoms with Crippen molar-refractivity contribution in [3.05, 3.63) is 173 Å². The summed E-state index contributed by atoms with van der Waals surface area (Å²) in [7, 11) is 0. The minimum Gasteiger partial charge on any atom is -0.334 e. The fraction of sp³-hybridized carbons (Fsp3) is 0.231. The third-order valence-electron chi connectivity index (χ3n) is 11.2. The Morgan fingerprint density at radius 1 is 0.481 bits per heavy atom. The predicted octanol–water partition coefficient (Wildman–Crippen LogP) is 15.0. The molecule has 7 aromatic carbocycles. The summed E-state index contributed by atoms with van der Waals surface area (Å²) in [6, 6.07) is 46.3. The molecule has 0 radical (unpaired) electrons. The average molecular weight is 705 g/mol. The summed E-state index contributed by atoms with van der Waals surface area (Å²) in [4.78, 5) is 5.08. The largest absolute Gasteiger partial charge is 0.334 e. The van der Waals surface area contributed by atoms with Crippen LogP contribution in [0.4, 0.5) is 28.4 Å². The summed E-state index contributed by atoms with van der Waals surface area (Å²) >= 11 is 0. The highest BCUT2D eigenvalue weighted by molar-refractivity contribution is 6.24. The van der Waals surface area contributed by atoms with Gasteiger partial charge in [-0.3, -0.25) is 0 Å². The van der Waals surface area contributed by atoms with E-state index >= 15 is 0 Å². The summed E-state index contributed by atoms with van der Waals surface area (Å²) in [5.74, 6) is 0.979. The van der Waals surface area contributed by atoms with Crippen LogP contribution in [0.25, 0.3) is 32.3 Å². The van der Waals surface area contributed by atoms with E-state index in [0.29, 0.717) is 11.8 Å². The molecule has 0 N–H and O–H groups in total. The summed E-state index contributed by atoms with van der Waals surface area (Å²) in [6.45, 7) is 17.9. The average Bonchev–Trinajstić information content (AvgIpc) is 3.15. The molecule has 1 atom stereocenters. The summed E-state index contributed by atoms with van der Waals surface area (Å²) in [5.41, 5.74) is 13.8. The molecule has 1 aliphatic carbocycles. The quantitative estimate of drug-likeness (QED) is 0.145. The van der Waals surface area contributed by atoms with Gasteiger partial charge in [-0.25, -0.2) is 0 Å². The van der Waals surface area contributed by atoms with Gasteiger partial charge in [0.2, 0.25) is 0 Å². The number of benzene rings is 7. The van der Waals surface area contributed by atoms with Crippen molar-refractivity contribution in [2.45, 2.75) is 73.8 Å². The molecule has 0 heterocycles. The van der Waals surface area contributed by atoms with Gasteiger partial charge in [0, 0.05) is 27.8 Å². The van der Waals surface area contributed by atoms with Crippen LogP contribution in [0.3, 0.4) is 0 Å². The number of rotatable bonds is 8. The Balaban J connectivity index is 1.42. The Morgan fingerprint density at radius 3 is 1.48 bits per heavy atom. The molecule has 1 aliphatic rings. The first kappa shape index (κ1) is 35.4. The Kier molecular flexibility index (Phi) is 9.40. The summed E-state index contributed by atoms with van der Waals surface area (Å²) in [6.07, 6.45) is 8.20. The van der Waals surface area contributed by atoms with E-state index in [9.17, 15) is 0 Å². The lowest BCUT2D eigenvalue weighted by Crippen LogP contribution is -2.30. The zero-order valence-electron chi connectivity index (χ0n) is 33.1. The number of nitrogens with zero attached hydrogens (tertiary/aromatic N) is 2. The molecule has 0 aliphatic heterocycles. The van der Waals surface area contributed by atoms with E-state index in [1.54, 1.807) is 0 Å². The summed E-state index contributed by atoms with van der Waals surface area (Å²) < 4.78 is 0. The first-order valence-electron chi connectivity index (χ1n) is 19.7. The zero-order chi connectivity index (χ0) is 37.7. The van der Waals surface area contributed by atoms with Crippen LogP contribution >= 0.6 is 0 Å². The van der Waals surface area contributed by atoms with Gasteiger partial charge in [-0.15, -0.1) is 0 Å². The molecule has 0 aromatic heterocycles. The van der Waals surface area contributed by atoms with Crippen LogP contribution < -0.4 is 9.80 Å². The van der Waals surface area contributed by atoms with Gasteiger partial charge in [0.15, 0.2) is 0 Å². The Bertz CT molecular complexity index is 2540. The molecule has 270 valence electrons. The number of anilines is 5. The number of hydrogen-bond acceptors (Lipinski definition) is 2. The van der Waals surface area contributed by atoms with Gasteiger partial charge in [0.1, 0.15) is 0 Å². The van der Waals surface area contributed by atoms with Gasteiger partial charge in [-0.05, 0) is 149 Å². The van der Waals surface area contributed by atoms with Crippen molar-refractivity contribution >= 4 is 60.8 Å². The Hall–Kier alpha value is -5.60. The van der Waals surface area contributed by atoms with Crippen LogP contribution in [0.15, 0.2) is 145 Å². The predicted molar refractivity (Wildman–Crippen MR) is 236 cm³/mol. The minimum absolute atomic E-state index is 0.189. The van der Waals surface area contributed by atoms with Gasteiger partial charge in [-0.2, -0.15) is 0 Å². The molecule has 0 spiro atoms. The van der Waals surface area contributed by atoms with Crippen molar-refractivity contribution in [2.24, 2.45) is 5.92 Å². The highest BCUT2D eigenvalue weighted by Crippen LogP contribution is 2.47. The molecule has 0 bridgehead atoms. The fourth-order valence-corrected chi connectivity index (χ4v) is 8.66. The second kappa shape index (κ2) is 14.3. The maximum absolute atomic E-state index is 2.60. The maximum atomic E-state index is 2.60. The normalized spacial score (nSPS) is 14.4. The molecule has 8 rings (SSSR count). The standard InChI is InChI=1S/C52H52N2/c1-33(2)39-17-21-41(22-18-39)53(43-27-35(5)25-36(6)28-43)51-31-49-46-14-10-12-16-48(46)52(32-50(49)45-13-9-11-15-47(45)51)54(44-29-37(7)26-38(8)30-44)42-23-19-40(20-24-42)34(3)4/h9-23,25-34,42H,24H2,1-8H3. The third-order valence-corrected chi connectivity index (χ3v) is 11.2. The molecular formula is C52H52N2. The van der Waals surface area contributed by atoms with Crippen LogP contribution in [-0.4, -0.2) is 6.04 Å². The molecule has 0 amide bonds. The highest BCUT2D eigenvalue weighted by Gasteiger charge is 2.26. The Labute approximate surface area is 322 Å². The van der Waals surface area contributed by atoms with Gasteiger partial charge in [0.25, 0.3) is 0 Å². The van der Waals surface area contributed by atoms with Crippen LogP contribution in [0.5, 0.6) is 0 Å². The van der Waals surface area contributed by atoms with Crippen LogP contribution in [0, 0.1) is 33.6 Å². The highest BCUT2D eigenvalue weighted by atomic mass is 15.2. The molecule has 54 heavy (non-hydrogen) atoms. The molecule has 1 unspecified atom stereocenters.